The standard InChI is InChI=1S/C20H25N3O4/c1-12(2)23(13(3)4)18(24)15(6)27-20(25)17-14(5)26-19(16(17)11-21)22-9-7-8-10-22/h7-10,12-13,15H,1-6H3/t15-/m1/s1. The molecular weight excluding hydrogens is 346 g/mol. The number of amides is 1. The minimum Gasteiger partial charge on any atom is -0.449 e. The molecule has 0 aliphatic carbocycles. The zero-order valence-electron chi connectivity index (χ0n) is 16.5. The van der Waals surface area contributed by atoms with Gasteiger partial charge in [0.1, 0.15) is 23.0 Å². The van der Waals surface area contributed by atoms with Crippen LogP contribution >= 0.6 is 0 Å². The van der Waals surface area contributed by atoms with E-state index in [0.29, 0.717) is 0 Å². The van der Waals surface area contributed by atoms with Crippen molar-refractivity contribution in [1.82, 2.24) is 9.47 Å². The molecule has 0 bridgehead atoms. The smallest absolute Gasteiger partial charge is 0.343 e. The molecule has 7 heteroatoms. The Bertz CT molecular complexity index is 849. The van der Waals surface area contributed by atoms with E-state index >= 15 is 0 Å². The number of hydrogen-bond acceptors (Lipinski definition) is 5. The lowest BCUT2D eigenvalue weighted by Gasteiger charge is -2.32. The highest BCUT2D eigenvalue weighted by atomic mass is 16.5. The topological polar surface area (TPSA) is 88.5 Å². The van der Waals surface area contributed by atoms with Crippen molar-refractivity contribution >= 4 is 11.9 Å². The molecule has 0 saturated heterocycles. The highest BCUT2D eigenvalue weighted by Gasteiger charge is 2.31. The number of furan rings is 1. The van der Waals surface area contributed by atoms with Crippen molar-refractivity contribution in [2.24, 2.45) is 0 Å². The van der Waals surface area contributed by atoms with E-state index in [2.05, 4.69) is 0 Å². The summed E-state index contributed by atoms with van der Waals surface area (Å²) in [5, 5.41) is 9.53. The summed E-state index contributed by atoms with van der Waals surface area (Å²) in [7, 11) is 0. The summed E-state index contributed by atoms with van der Waals surface area (Å²) in [6.45, 7) is 10.7. The van der Waals surface area contributed by atoms with Crippen LogP contribution in [0.3, 0.4) is 0 Å². The summed E-state index contributed by atoms with van der Waals surface area (Å²) in [6.07, 6.45) is 2.45. The number of nitrogens with zero attached hydrogens (tertiary/aromatic N) is 3. The zero-order chi connectivity index (χ0) is 20.3. The van der Waals surface area contributed by atoms with E-state index in [1.165, 1.54) is 6.92 Å². The fourth-order valence-corrected chi connectivity index (χ4v) is 3.12. The molecule has 144 valence electrons. The van der Waals surface area contributed by atoms with Crippen LogP contribution in [-0.4, -0.2) is 39.5 Å². The molecule has 7 nitrogen and oxygen atoms in total. The summed E-state index contributed by atoms with van der Waals surface area (Å²) >= 11 is 0. The molecule has 2 rings (SSSR count). The second-order valence-corrected chi connectivity index (χ2v) is 6.90. The maximum absolute atomic E-state index is 12.7. The number of rotatable bonds is 6. The Kier molecular flexibility index (Phi) is 6.11. The van der Waals surface area contributed by atoms with Crippen LogP contribution in [0.15, 0.2) is 28.9 Å². The third-order valence-electron chi connectivity index (χ3n) is 4.22. The number of ether oxygens (including phenoxy) is 1. The predicted molar refractivity (Wildman–Crippen MR) is 99.5 cm³/mol. The molecule has 0 spiro atoms. The highest BCUT2D eigenvalue weighted by Crippen LogP contribution is 2.26. The van der Waals surface area contributed by atoms with Gasteiger partial charge >= 0.3 is 5.97 Å². The van der Waals surface area contributed by atoms with Crippen molar-refractivity contribution in [3.8, 4) is 12.0 Å². The van der Waals surface area contributed by atoms with E-state index in [1.807, 2.05) is 33.8 Å². The molecule has 1 amide bonds. The maximum Gasteiger partial charge on any atom is 0.343 e. The SMILES string of the molecule is Cc1oc(-n2cccc2)c(C#N)c1C(=O)O[C@H](C)C(=O)N(C(C)C)C(C)C. The van der Waals surface area contributed by atoms with Crippen LogP contribution in [0.2, 0.25) is 0 Å². The van der Waals surface area contributed by atoms with Crippen molar-refractivity contribution in [1.29, 1.82) is 5.26 Å². The van der Waals surface area contributed by atoms with Crippen LogP contribution in [-0.2, 0) is 9.53 Å². The number of hydrogen-bond donors (Lipinski definition) is 0. The summed E-state index contributed by atoms with van der Waals surface area (Å²) in [6, 6.07) is 5.52. The first kappa shape index (κ1) is 20.3. The first-order chi connectivity index (χ1) is 12.7. The van der Waals surface area contributed by atoms with Gasteiger partial charge in [-0.25, -0.2) is 4.79 Å². The van der Waals surface area contributed by atoms with Crippen LogP contribution < -0.4 is 0 Å². The first-order valence-electron chi connectivity index (χ1n) is 8.89. The summed E-state index contributed by atoms with van der Waals surface area (Å²) in [4.78, 5) is 27.0. The van der Waals surface area contributed by atoms with E-state index in [-0.39, 0.29) is 40.8 Å². The van der Waals surface area contributed by atoms with Gasteiger partial charge in [0.05, 0.1) is 0 Å². The molecule has 1 atom stereocenters. The Morgan fingerprint density at radius 2 is 1.70 bits per heavy atom. The summed E-state index contributed by atoms with van der Waals surface area (Å²) in [5.41, 5.74) is 0.124. The normalized spacial score (nSPS) is 12.1. The maximum atomic E-state index is 12.7. The molecule has 0 aliphatic rings. The molecule has 0 unspecified atom stereocenters. The summed E-state index contributed by atoms with van der Waals surface area (Å²) in [5.74, 6) is -0.514. The van der Waals surface area contributed by atoms with Gasteiger partial charge in [-0.3, -0.25) is 9.36 Å². The van der Waals surface area contributed by atoms with Crippen LogP contribution in [0.25, 0.3) is 5.88 Å². The highest BCUT2D eigenvalue weighted by molar-refractivity contribution is 5.96. The Morgan fingerprint density at radius 1 is 1.15 bits per heavy atom. The molecule has 2 aromatic rings. The Labute approximate surface area is 159 Å². The van der Waals surface area contributed by atoms with Gasteiger partial charge in [-0.2, -0.15) is 5.26 Å². The average Bonchev–Trinajstić information content (AvgIpc) is 3.20. The van der Waals surface area contributed by atoms with E-state index in [1.54, 1.807) is 40.9 Å². The number of aryl methyl sites for hydroxylation is 1. The first-order valence-corrected chi connectivity index (χ1v) is 8.89. The van der Waals surface area contributed by atoms with Crippen molar-refractivity contribution in [3.63, 3.8) is 0 Å². The molecular formula is C20H25N3O4. The van der Waals surface area contributed by atoms with Gasteiger partial charge in [0.2, 0.25) is 5.88 Å². The summed E-state index contributed by atoms with van der Waals surface area (Å²) < 4.78 is 12.6. The molecule has 2 heterocycles. The fraction of sp³-hybridized carbons (Fsp3) is 0.450. The Balaban J connectivity index is 2.29. The number of esters is 1. The zero-order valence-corrected chi connectivity index (χ0v) is 16.5. The average molecular weight is 371 g/mol. The molecule has 0 saturated carbocycles. The molecule has 0 N–H and O–H groups in total. The second kappa shape index (κ2) is 8.12. The van der Waals surface area contributed by atoms with E-state index in [0.717, 1.165) is 0 Å². The van der Waals surface area contributed by atoms with Crippen LogP contribution in [0.5, 0.6) is 0 Å². The minimum atomic E-state index is -0.974. The fourth-order valence-electron chi connectivity index (χ4n) is 3.12. The van der Waals surface area contributed by atoms with Gasteiger partial charge in [-0.1, -0.05) is 0 Å². The number of nitriles is 1. The second-order valence-electron chi connectivity index (χ2n) is 6.90. The van der Waals surface area contributed by atoms with Gasteiger partial charge in [0, 0.05) is 24.5 Å². The number of aromatic nitrogens is 1. The Hall–Kier alpha value is -3.01. The van der Waals surface area contributed by atoms with E-state index in [9.17, 15) is 14.9 Å². The minimum absolute atomic E-state index is 0.0238. The monoisotopic (exact) mass is 371 g/mol. The Morgan fingerprint density at radius 3 is 2.19 bits per heavy atom. The van der Waals surface area contributed by atoms with E-state index in [4.69, 9.17) is 9.15 Å². The van der Waals surface area contributed by atoms with Gasteiger partial charge in [-0.15, -0.1) is 0 Å². The van der Waals surface area contributed by atoms with Gasteiger partial charge in [0.15, 0.2) is 6.10 Å². The molecule has 0 aliphatic heterocycles. The quantitative estimate of drug-likeness (QED) is 0.726. The molecule has 0 fully saturated rings. The van der Waals surface area contributed by atoms with Crippen molar-refractivity contribution in [2.75, 3.05) is 0 Å². The van der Waals surface area contributed by atoms with Crippen LogP contribution in [0, 0.1) is 18.3 Å². The van der Waals surface area contributed by atoms with Crippen molar-refractivity contribution in [2.45, 2.75) is 59.7 Å². The third-order valence-corrected chi connectivity index (χ3v) is 4.22. The van der Waals surface area contributed by atoms with Crippen LogP contribution in [0.1, 0.15) is 56.3 Å². The lowest BCUT2D eigenvalue weighted by molar-refractivity contribution is -0.143. The van der Waals surface area contributed by atoms with Gasteiger partial charge in [-0.05, 0) is 53.7 Å². The van der Waals surface area contributed by atoms with E-state index < -0.39 is 12.1 Å². The largest absolute Gasteiger partial charge is 0.449 e. The van der Waals surface area contributed by atoms with Crippen molar-refractivity contribution < 1.29 is 18.7 Å². The lowest BCUT2D eigenvalue weighted by atomic mass is 10.1. The van der Waals surface area contributed by atoms with Gasteiger partial charge in [0.25, 0.3) is 5.91 Å². The third kappa shape index (κ3) is 4.05. The van der Waals surface area contributed by atoms with Crippen LogP contribution in [0.4, 0.5) is 0 Å². The predicted octanol–water partition coefficient (Wildman–Crippen LogP) is 3.44. The lowest BCUT2D eigenvalue weighted by Crippen LogP contribution is -2.47. The molecule has 0 aromatic carbocycles. The van der Waals surface area contributed by atoms with Crippen molar-refractivity contribution in [3.05, 3.63) is 41.4 Å². The molecule has 2 aromatic heterocycles. The number of carbonyl (C=O) groups is 2. The molecule has 27 heavy (non-hydrogen) atoms. The van der Waals surface area contributed by atoms with Gasteiger partial charge < -0.3 is 14.1 Å². The molecule has 0 radical (unpaired) electrons. The number of carbonyl (C=O) groups excluding carboxylic acids is 2.